The number of rotatable bonds is 5. The molecule has 6 rings (SSSR count). The van der Waals surface area contributed by atoms with Gasteiger partial charge in [0.05, 0.1) is 44.1 Å². The number of pyridine rings is 2. The number of para-hydroxylation sites is 2. The average molecular weight is 479 g/mol. The fourth-order valence-electron chi connectivity index (χ4n) is 3.90. The number of fused-ring (bicyclic) bond motifs is 2. The molecule has 7 heteroatoms. The topological polar surface area (TPSA) is 59.0 Å². The van der Waals surface area contributed by atoms with Gasteiger partial charge in [0.2, 0.25) is 0 Å². The normalized spacial score (nSPS) is 11.2. The lowest BCUT2D eigenvalue weighted by Gasteiger charge is -2.21. The van der Waals surface area contributed by atoms with Gasteiger partial charge in [-0.15, -0.1) is 11.3 Å². The summed E-state index contributed by atoms with van der Waals surface area (Å²) in [4.78, 5) is 31.0. The Morgan fingerprint density at radius 1 is 0.853 bits per heavy atom. The summed E-state index contributed by atoms with van der Waals surface area (Å²) >= 11 is 3.12. The lowest BCUT2D eigenvalue weighted by molar-refractivity contribution is 0.0986. The summed E-state index contributed by atoms with van der Waals surface area (Å²) in [7, 11) is 0. The molecule has 0 aliphatic carbocycles. The van der Waals surface area contributed by atoms with Crippen LogP contribution in [0.1, 0.15) is 16.1 Å². The van der Waals surface area contributed by atoms with Crippen LogP contribution in [0.15, 0.2) is 96.5 Å². The number of anilines is 1. The van der Waals surface area contributed by atoms with Crippen LogP contribution in [0.25, 0.3) is 31.7 Å². The zero-order valence-electron chi connectivity index (χ0n) is 18.0. The first-order valence-corrected chi connectivity index (χ1v) is 12.5. The number of aromatic nitrogens is 3. The van der Waals surface area contributed by atoms with Gasteiger partial charge in [0.1, 0.15) is 0 Å². The van der Waals surface area contributed by atoms with Crippen molar-refractivity contribution >= 4 is 54.8 Å². The summed E-state index contributed by atoms with van der Waals surface area (Å²) in [6.45, 7) is 0.324. The molecule has 0 saturated heterocycles. The number of hydrogen-bond acceptors (Lipinski definition) is 6. The van der Waals surface area contributed by atoms with E-state index in [1.54, 1.807) is 22.4 Å². The Kier molecular flexibility index (Phi) is 5.33. The summed E-state index contributed by atoms with van der Waals surface area (Å²) < 4.78 is 1.04. The zero-order chi connectivity index (χ0) is 22.9. The van der Waals surface area contributed by atoms with Crippen molar-refractivity contribution in [3.05, 3.63) is 108 Å². The van der Waals surface area contributed by atoms with E-state index in [0.29, 0.717) is 17.2 Å². The van der Waals surface area contributed by atoms with Crippen LogP contribution >= 0.6 is 22.7 Å². The second-order valence-corrected chi connectivity index (χ2v) is 9.68. The van der Waals surface area contributed by atoms with E-state index in [9.17, 15) is 4.79 Å². The molecule has 164 valence electrons. The maximum atomic E-state index is 14.2. The highest BCUT2D eigenvalue weighted by Gasteiger charge is 2.25. The van der Waals surface area contributed by atoms with Crippen LogP contribution < -0.4 is 4.90 Å². The number of amides is 1. The third-order valence-corrected chi connectivity index (χ3v) is 7.48. The van der Waals surface area contributed by atoms with Gasteiger partial charge in [-0.3, -0.25) is 14.7 Å². The van der Waals surface area contributed by atoms with Crippen LogP contribution in [0.5, 0.6) is 0 Å². The highest BCUT2D eigenvalue weighted by molar-refractivity contribution is 7.22. The number of carbonyl (C=O) groups excluding carboxylic acids is 1. The molecule has 34 heavy (non-hydrogen) atoms. The highest BCUT2D eigenvalue weighted by atomic mass is 32.1. The molecule has 0 N–H and O–H groups in total. The first kappa shape index (κ1) is 20.7. The highest BCUT2D eigenvalue weighted by Crippen LogP contribution is 2.33. The molecule has 6 aromatic rings. The molecule has 4 aromatic heterocycles. The van der Waals surface area contributed by atoms with E-state index >= 15 is 0 Å². The Morgan fingerprint density at radius 2 is 1.68 bits per heavy atom. The molecule has 0 spiro atoms. The van der Waals surface area contributed by atoms with E-state index in [1.807, 2.05) is 90.3 Å². The van der Waals surface area contributed by atoms with Crippen LogP contribution in [0, 0.1) is 0 Å². The quantitative estimate of drug-likeness (QED) is 0.273. The minimum absolute atomic E-state index is 0.124. The molecule has 4 heterocycles. The summed E-state index contributed by atoms with van der Waals surface area (Å²) in [5.41, 5.74) is 3.86. The fraction of sp³-hybridized carbons (Fsp3) is 0.0370. The van der Waals surface area contributed by atoms with Crippen molar-refractivity contribution in [2.45, 2.75) is 6.54 Å². The number of carbonyl (C=O) groups is 1. The molecule has 0 radical (unpaired) electrons. The SMILES string of the molecule is O=C(c1cc(-c2cccs2)nc2ccccc12)N(Cc1ccccn1)c1nc2ccccc2s1. The largest absolute Gasteiger partial charge is 0.278 e. The van der Waals surface area contributed by atoms with Crippen molar-refractivity contribution in [1.29, 1.82) is 0 Å². The predicted octanol–water partition coefficient (Wildman–Crippen LogP) is 6.82. The summed E-state index contributed by atoms with van der Waals surface area (Å²) in [6, 6.07) is 27.4. The van der Waals surface area contributed by atoms with Crippen molar-refractivity contribution in [2.24, 2.45) is 0 Å². The zero-order valence-corrected chi connectivity index (χ0v) is 19.6. The first-order valence-electron chi connectivity index (χ1n) is 10.8. The van der Waals surface area contributed by atoms with Gasteiger partial charge in [-0.1, -0.05) is 53.8 Å². The molecular formula is C27H18N4OS2. The maximum Gasteiger partial charge on any atom is 0.261 e. The van der Waals surface area contributed by atoms with E-state index < -0.39 is 0 Å². The van der Waals surface area contributed by atoms with Gasteiger partial charge in [-0.25, -0.2) is 9.97 Å². The number of benzene rings is 2. The van der Waals surface area contributed by atoms with E-state index in [2.05, 4.69) is 4.98 Å². The number of hydrogen-bond donors (Lipinski definition) is 0. The number of thiophene rings is 1. The van der Waals surface area contributed by atoms with Crippen LogP contribution in [0.4, 0.5) is 5.13 Å². The molecule has 0 unspecified atom stereocenters. The second kappa shape index (κ2) is 8.78. The van der Waals surface area contributed by atoms with Gasteiger partial charge < -0.3 is 0 Å². The van der Waals surface area contributed by atoms with Crippen molar-refractivity contribution in [1.82, 2.24) is 15.0 Å². The Bertz CT molecular complexity index is 1580. The lowest BCUT2D eigenvalue weighted by atomic mass is 10.1. The molecule has 0 bridgehead atoms. The summed E-state index contributed by atoms with van der Waals surface area (Å²) in [6.07, 6.45) is 1.74. The molecule has 0 fully saturated rings. The Labute approximate surface area is 204 Å². The standard InChI is InChI=1S/C27H18N4OS2/c32-26(20-16-23(24-13-7-15-33-24)29-21-10-2-1-9-19(20)21)31(17-18-8-5-6-14-28-18)27-30-22-11-3-4-12-25(22)34-27/h1-16H,17H2. The van der Waals surface area contributed by atoms with Crippen LogP contribution in [-0.4, -0.2) is 20.9 Å². The van der Waals surface area contributed by atoms with Crippen LogP contribution in [0.2, 0.25) is 0 Å². The van der Waals surface area contributed by atoms with Gasteiger partial charge in [0, 0.05) is 11.6 Å². The predicted molar refractivity (Wildman–Crippen MR) is 139 cm³/mol. The average Bonchev–Trinajstić information content (AvgIpc) is 3.57. The van der Waals surface area contributed by atoms with Crippen molar-refractivity contribution in [3.63, 3.8) is 0 Å². The van der Waals surface area contributed by atoms with Gasteiger partial charge in [-0.05, 0) is 47.8 Å². The third kappa shape index (κ3) is 3.85. The minimum atomic E-state index is -0.124. The summed E-state index contributed by atoms with van der Waals surface area (Å²) in [5.74, 6) is -0.124. The molecule has 0 aliphatic heterocycles. The van der Waals surface area contributed by atoms with Gasteiger partial charge in [-0.2, -0.15) is 0 Å². The van der Waals surface area contributed by atoms with Crippen LogP contribution in [-0.2, 0) is 6.54 Å². The molecule has 5 nitrogen and oxygen atoms in total. The number of thiazole rings is 1. The molecule has 0 aliphatic rings. The van der Waals surface area contributed by atoms with E-state index in [0.717, 1.165) is 37.4 Å². The Morgan fingerprint density at radius 3 is 2.47 bits per heavy atom. The van der Waals surface area contributed by atoms with E-state index in [4.69, 9.17) is 9.97 Å². The molecule has 1 amide bonds. The third-order valence-electron chi connectivity index (χ3n) is 5.53. The minimum Gasteiger partial charge on any atom is -0.278 e. The Balaban J connectivity index is 1.52. The maximum absolute atomic E-state index is 14.2. The molecule has 0 atom stereocenters. The van der Waals surface area contributed by atoms with Crippen molar-refractivity contribution in [3.8, 4) is 10.6 Å². The summed E-state index contributed by atoms with van der Waals surface area (Å²) in [5, 5.41) is 3.48. The van der Waals surface area contributed by atoms with Gasteiger partial charge >= 0.3 is 0 Å². The fourth-order valence-corrected chi connectivity index (χ4v) is 5.55. The molecule has 0 saturated carbocycles. The van der Waals surface area contributed by atoms with Crippen molar-refractivity contribution in [2.75, 3.05) is 4.90 Å². The van der Waals surface area contributed by atoms with Gasteiger partial charge in [0.25, 0.3) is 5.91 Å². The van der Waals surface area contributed by atoms with E-state index in [1.165, 1.54) is 11.3 Å². The van der Waals surface area contributed by atoms with Crippen molar-refractivity contribution < 1.29 is 4.79 Å². The number of nitrogens with zero attached hydrogens (tertiary/aromatic N) is 4. The first-order chi connectivity index (χ1) is 16.8. The van der Waals surface area contributed by atoms with Gasteiger partial charge in [0.15, 0.2) is 5.13 Å². The van der Waals surface area contributed by atoms with E-state index in [-0.39, 0.29) is 5.91 Å². The molecule has 2 aromatic carbocycles. The lowest BCUT2D eigenvalue weighted by Crippen LogP contribution is -2.31. The second-order valence-electron chi connectivity index (χ2n) is 7.73. The van der Waals surface area contributed by atoms with Crippen LogP contribution in [0.3, 0.4) is 0 Å². The smallest absolute Gasteiger partial charge is 0.261 e. The Hall–Kier alpha value is -3.94. The monoisotopic (exact) mass is 478 g/mol. The molecular weight excluding hydrogens is 460 g/mol.